The average Bonchev–Trinajstić information content (AvgIpc) is 3.19. The molecular formula is C26H24N2. The molecule has 1 fully saturated rings. The first kappa shape index (κ1) is 17.0. The molecule has 1 aliphatic rings. The van der Waals surface area contributed by atoms with E-state index < -0.39 is 0 Å². The fourth-order valence-corrected chi connectivity index (χ4v) is 4.79. The first-order valence-corrected chi connectivity index (χ1v) is 10.1. The van der Waals surface area contributed by atoms with Gasteiger partial charge in [-0.3, -0.25) is 4.98 Å². The summed E-state index contributed by atoms with van der Waals surface area (Å²) >= 11 is 0. The van der Waals surface area contributed by atoms with Crippen molar-refractivity contribution < 1.29 is 0 Å². The predicted octanol–water partition coefficient (Wildman–Crippen LogP) is 6.19. The molecule has 1 N–H and O–H groups in total. The van der Waals surface area contributed by atoms with Crippen molar-refractivity contribution in [1.29, 1.82) is 0 Å². The number of hydrogen-bond acceptors (Lipinski definition) is 2. The Hall–Kier alpha value is -3.13. The molecule has 4 aromatic rings. The number of para-hydroxylation sites is 2. The molecule has 1 aliphatic carbocycles. The summed E-state index contributed by atoms with van der Waals surface area (Å²) < 4.78 is 0. The largest absolute Gasteiger partial charge is 0.381 e. The molecule has 5 rings (SSSR count). The summed E-state index contributed by atoms with van der Waals surface area (Å²) in [5.74, 6) is 0. The number of pyridine rings is 1. The fourth-order valence-electron chi connectivity index (χ4n) is 4.79. The second-order valence-electron chi connectivity index (χ2n) is 7.68. The maximum absolute atomic E-state index is 5.16. The number of nitrogens with zero attached hydrogens (tertiary/aromatic N) is 1. The van der Waals surface area contributed by atoms with Gasteiger partial charge in [0, 0.05) is 17.1 Å². The van der Waals surface area contributed by atoms with Crippen LogP contribution in [0.2, 0.25) is 0 Å². The molecule has 0 aliphatic heterocycles. The summed E-state index contributed by atoms with van der Waals surface area (Å²) in [5, 5.41) is 5.03. The van der Waals surface area contributed by atoms with Crippen molar-refractivity contribution >= 4 is 16.6 Å². The van der Waals surface area contributed by atoms with Crippen LogP contribution in [0.4, 0.5) is 5.69 Å². The zero-order chi connectivity index (χ0) is 18.8. The lowest BCUT2D eigenvalue weighted by molar-refractivity contribution is 0.478. The molecule has 2 atom stereocenters. The number of aromatic nitrogens is 1. The monoisotopic (exact) mass is 364 g/mol. The Balaban J connectivity index is 1.66. The van der Waals surface area contributed by atoms with Gasteiger partial charge < -0.3 is 5.32 Å². The van der Waals surface area contributed by atoms with Gasteiger partial charge in [-0.15, -0.1) is 0 Å². The highest BCUT2D eigenvalue weighted by atomic mass is 15.0. The van der Waals surface area contributed by atoms with Gasteiger partial charge in [-0.05, 0) is 42.7 Å². The van der Waals surface area contributed by atoms with Crippen LogP contribution in [-0.2, 0) is 5.41 Å². The van der Waals surface area contributed by atoms with Gasteiger partial charge in [-0.1, -0.05) is 79.2 Å². The van der Waals surface area contributed by atoms with E-state index in [1.54, 1.807) is 0 Å². The van der Waals surface area contributed by atoms with Gasteiger partial charge in [0.1, 0.15) is 0 Å². The Morgan fingerprint density at radius 2 is 1.46 bits per heavy atom. The quantitative estimate of drug-likeness (QED) is 0.467. The van der Waals surface area contributed by atoms with Gasteiger partial charge in [-0.25, -0.2) is 0 Å². The van der Waals surface area contributed by atoms with E-state index in [0.29, 0.717) is 6.04 Å². The van der Waals surface area contributed by atoms with E-state index in [9.17, 15) is 0 Å². The van der Waals surface area contributed by atoms with E-state index in [1.165, 1.54) is 28.8 Å². The highest BCUT2D eigenvalue weighted by Gasteiger charge is 2.46. The molecule has 2 nitrogen and oxygen atoms in total. The molecule has 138 valence electrons. The van der Waals surface area contributed by atoms with Crippen molar-refractivity contribution in [3.05, 3.63) is 108 Å². The summed E-state index contributed by atoms with van der Waals surface area (Å²) in [5.41, 5.74) is 4.64. The Kier molecular flexibility index (Phi) is 4.32. The summed E-state index contributed by atoms with van der Waals surface area (Å²) in [6.45, 7) is 0. The molecule has 2 heteroatoms. The van der Waals surface area contributed by atoms with Crippen molar-refractivity contribution in [1.82, 2.24) is 4.98 Å². The maximum Gasteiger partial charge on any atom is 0.0705 e. The Labute approximate surface area is 166 Å². The minimum atomic E-state index is -0.124. The van der Waals surface area contributed by atoms with Crippen LogP contribution in [0.3, 0.4) is 0 Å². The number of benzene rings is 3. The first-order valence-electron chi connectivity index (χ1n) is 10.1. The van der Waals surface area contributed by atoms with Crippen LogP contribution < -0.4 is 5.32 Å². The highest BCUT2D eigenvalue weighted by Crippen LogP contribution is 2.47. The number of anilines is 1. The summed E-state index contributed by atoms with van der Waals surface area (Å²) in [6.07, 6.45) is 3.43. The van der Waals surface area contributed by atoms with Crippen LogP contribution in [0.15, 0.2) is 97.1 Å². The van der Waals surface area contributed by atoms with Crippen LogP contribution in [-0.4, -0.2) is 11.0 Å². The van der Waals surface area contributed by atoms with Crippen molar-refractivity contribution in [2.75, 3.05) is 5.32 Å². The second-order valence-corrected chi connectivity index (χ2v) is 7.68. The van der Waals surface area contributed by atoms with Gasteiger partial charge in [0.05, 0.1) is 16.6 Å². The van der Waals surface area contributed by atoms with E-state index in [4.69, 9.17) is 4.98 Å². The van der Waals surface area contributed by atoms with Crippen LogP contribution in [0, 0.1) is 0 Å². The van der Waals surface area contributed by atoms with E-state index in [0.717, 1.165) is 18.4 Å². The third kappa shape index (κ3) is 2.86. The number of fused-ring (bicyclic) bond motifs is 1. The Morgan fingerprint density at radius 3 is 2.29 bits per heavy atom. The first-order chi connectivity index (χ1) is 13.9. The zero-order valence-corrected chi connectivity index (χ0v) is 15.9. The average molecular weight is 364 g/mol. The van der Waals surface area contributed by atoms with E-state index >= 15 is 0 Å². The molecule has 0 unspecified atom stereocenters. The minimum absolute atomic E-state index is 0.124. The van der Waals surface area contributed by atoms with Crippen molar-refractivity contribution in [2.24, 2.45) is 0 Å². The molecule has 0 amide bonds. The molecule has 1 aromatic heterocycles. The van der Waals surface area contributed by atoms with Gasteiger partial charge >= 0.3 is 0 Å². The lowest BCUT2D eigenvalue weighted by atomic mass is 9.72. The van der Waals surface area contributed by atoms with Gasteiger partial charge in [0.25, 0.3) is 0 Å². The zero-order valence-electron chi connectivity index (χ0n) is 15.9. The third-order valence-corrected chi connectivity index (χ3v) is 6.12. The SMILES string of the molecule is c1ccc(N[C@@H]2CCC[C@@]2(c2ccccc2)c2ccc3ccccc3n2)cc1. The molecular weight excluding hydrogens is 340 g/mol. The molecule has 3 aromatic carbocycles. The van der Waals surface area contributed by atoms with E-state index in [1.807, 2.05) is 0 Å². The van der Waals surface area contributed by atoms with Gasteiger partial charge in [0.15, 0.2) is 0 Å². The molecule has 1 heterocycles. The van der Waals surface area contributed by atoms with Crippen molar-refractivity contribution in [3.63, 3.8) is 0 Å². The summed E-state index contributed by atoms with van der Waals surface area (Å²) in [6, 6.07) is 34.7. The maximum atomic E-state index is 5.16. The van der Waals surface area contributed by atoms with Crippen LogP contribution in [0.25, 0.3) is 10.9 Å². The molecule has 28 heavy (non-hydrogen) atoms. The lowest BCUT2D eigenvalue weighted by Crippen LogP contribution is -2.41. The second kappa shape index (κ2) is 7.12. The number of hydrogen-bond donors (Lipinski definition) is 1. The highest BCUT2D eigenvalue weighted by molar-refractivity contribution is 5.78. The van der Waals surface area contributed by atoms with E-state index in [-0.39, 0.29) is 5.41 Å². The van der Waals surface area contributed by atoms with Crippen LogP contribution in [0.1, 0.15) is 30.5 Å². The molecule has 0 spiro atoms. The Morgan fingerprint density at radius 1 is 0.750 bits per heavy atom. The third-order valence-electron chi connectivity index (χ3n) is 6.12. The molecule has 0 bridgehead atoms. The van der Waals surface area contributed by atoms with E-state index in [2.05, 4.69) is 102 Å². The van der Waals surface area contributed by atoms with Gasteiger partial charge in [-0.2, -0.15) is 0 Å². The van der Waals surface area contributed by atoms with Crippen LogP contribution in [0.5, 0.6) is 0 Å². The molecule has 1 saturated carbocycles. The molecule has 0 radical (unpaired) electrons. The summed E-state index contributed by atoms with van der Waals surface area (Å²) in [7, 11) is 0. The lowest BCUT2D eigenvalue weighted by Gasteiger charge is -2.37. The topological polar surface area (TPSA) is 24.9 Å². The van der Waals surface area contributed by atoms with Gasteiger partial charge in [0.2, 0.25) is 0 Å². The standard InChI is InChI=1S/C26H24N2/c1-3-11-21(12-4-1)26(25-18-17-20-10-7-8-15-23(20)28-25)19-9-16-24(26)27-22-13-5-2-6-14-22/h1-8,10-15,17-18,24,27H,9,16,19H2/t24-,26+/m1/s1. The smallest absolute Gasteiger partial charge is 0.0705 e. The van der Waals surface area contributed by atoms with Crippen molar-refractivity contribution in [3.8, 4) is 0 Å². The fraction of sp³-hybridized carbons (Fsp3) is 0.192. The predicted molar refractivity (Wildman–Crippen MR) is 117 cm³/mol. The minimum Gasteiger partial charge on any atom is -0.381 e. The van der Waals surface area contributed by atoms with Crippen molar-refractivity contribution in [2.45, 2.75) is 30.7 Å². The molecule has 0 saturated heterocycles. The number of rotatable bonds is 4. The number of nitrogens with one attached hydrogen (secondary N) is 1. The van der Waals surface area contributed by atoms with Crippen LogP contribution >= 0.6 is 0 Å². The normalized spacial score (nSPS) is 21.6. The summed E-state index contributed by atoms with van der Waals surface area (Å²) in [4.78, 5) is 5.16. The Bertz CT molecular complexity index is 1080.